The highest BCUT2D eigenvalue weighted by Gasteiger charge is 2.11. The minimum Gasteiger partial charge on any atom is -0.508 e. The number of H-pyrrole nitrogens is 1. The van der Waals surface area contributed by atoms with Crippen molar-refractivity contribution in [1.29, 1.82) is 0 Å². The van der Waals surface area contributed by atoms with Crippen LogP contribution in [0.25, 0.3) is 10.9 Å². The normalized spacial score (nSPS) is 11.0. The third kappa shape index (κ3) is 5.16. The van der Waals surface area contributed by atoms with Gasteiger partial charge in [0, 0.05) is 33.8 Å². The van der Waals surface area contributed by atoms with Crippen molar-refractivity contribution in [2.45, 2.75) is 19.5 Å². The molecule has 0 saturated carbocycles. The smallest absolute Gasteiger partial charge is 0.251 e. The topological polar surface area (TPSA) is 100 Å². The van der Waals surface area contributed by atoms with Gasteiger partial charge in [-0.05, 0) is 60.0 Å². The summed E-state index contributed by atoms with van der Waals surface area (Å²) in [6, 6.07) is 23.2. The lowest BCUT2D eigenvalue weighted by molar-refractivity contribution is 0.0950. The maximum atomic E-state index is 12.8. The van der Waals surface area contributed by atoms with Gasteiger partial charge in [-0.1, -0.05) is 41.9 Å². The number of aromatic nitrogens is 3. The molecular formula is C28H23ClN4O3. The average molecular weight is 499 g/mol. The Morgan fingerprint density at radius 2 is 1.86 bits per heavy atom. The molecule has 0 radical (unpaired) electrons. The number of nitrogens with zero attached hydrogens (tertiary/aromatic N) is 2. The second-order valence-electron chi connectivity index (χ2n) is 8.55. The highest BCUT2D eigenvalue weighted by Crippen LogP contribution is 2.23. The van der Waals surface area contributed by atoms with Crippen molar-refractivity contribution in [2.75, 3.05) is 0 Å². The number of nitrogens with one attached hydrogen (secondary N) is 2. The van der Waals surface area contributed by atoms with Crippen LogP contribution in [-0.4, -0.2) is 25.8 Å². The number of hydrogen-bond acceptors (Lipinski definition) is 4. The molecule has 3 N–H and O–H groups in total. The summed E-state index contributed by atoms with van der Waals surface area (Å²) in [6.45, 7) is 0.558. The van der Waals surface area contributed by atoms with Crippen molar-refractivity contribution in [2.24, 2.45) is 0 Å². The number of aromatic amines is 1. The lowest BCUT2D eigenvalue weighted by atomic mass is 10.0. The van der Waals surface area contributed by atoms with Gasteiger partial charge in [0.1, 0.15) is 5.75 Å². The zero-order valence-corrected chi connectivity index (χ0v) is 20.0. The second kappa shape index (κ2) is 10.1. The van der Waals surface area contributed by atoms with Crippen LogP contribution in [0.4, 0.5) is 0 Å². The Morgan fingerprint density at radius 1 is 1.00 bits per heavy atom. The van der Waals surface area contributed by atoms with Gasteiger partial charge in [0.2, 0.25) is 0 Å². The van der Waals surface area contributed by atoms with Crippen LogP contribution in [0.2, 0.25) is 5.02 Å². The van der Waals surface area contributed by atoms with E-state index in [4.69, 9.17) is 11.6 Å². The second-order valence-corrected chi connectivity index (χ2v) is 8.99. The van der Waals surface area contributed by atoms with Crippen molar-refractivity contribution < 1.29 is 9.90 Å². The number of halogens is 1. The monoisotopic (exact) mass is 498 g/mol. The largest absolute Gasteiger partial charge is 0.508 e. The van der Waals surface area contributed by atoms with Crippen LogP contribution in [0.3, 0.4) is 0 Å². The summed E-state index contributed by atoms with van der Waals surface area (Å²) >= 11 is 6.09. The van der Waals surface area contributed by atoms with Crippen LogP contribution in [-0.2, 0) is 19.5 Å². The fourth-order valence-corrected chi connectivity index (χ4v) is 4.30. The van der Waals surface area contributed by atoms with Crippen molar-refractivity contribution in [3.8, 4) is 5.75 Å². The summed E-state index contributed by atoms with van der Waals surface area (Å²) in [4.78, 5) is 24.8. The lowest BCUT2D eigenvalue weighted by Crippen LogP contribution is -2.23. The quantitative estimate of drug-likeness (QED) is 0.304. The predicted octanol–water partition coefficient (Wildman–Crippen LogP) is 4.65. The van der Waals surface area contributed by atoms with E-state index in [1.165, 1.54) is 10.6 Å². The number of phenols is 1. The van der Waals surface area contributed by atoms with Crippen molar-refractivity contribution in [1.82, 2.24) is 20.1 Å². The number of carbonyl (C=O) groups excluding carboxylic acids is 1. The molecule has 0 aliphatic heterocycles. The molecule has 0 fully saturated rings. The number of hydrogen-bond donors (Lipinski definition) is 3. The van der Waals surface area contributed by atoms with E-state index >= 15 is 0 Å². The van der Waals surface area contributed by atoms with Crippen LogP contribution in [0.5, 0.6) is 5.75 Å². The highest BCUT2D eigenvalue weighted by atomic mass is 35.5. The van der Waals surface area contributed by atoms with Crippen LogP contribution in [0.15, 0.2) is 89.9 Å². The van der Waals surface area contributed by atoms with Crippen molar-refractivity contribution in [3.05, 3.63) is 128 Å². The standard InChI is InChI=1S/C28H23ClN4O3/c29-22-9-10-24-23(15-22)25(32-31-24)16-30-28(36)20-5-3-4-18(13-20)12-19-7-8-21(26(34)14-19)17-33-11-2-1-6-27(33)35/h1-11,13-15,34H,12,16-17H2,(H,30,36)(H,31,32). The molecule has 0 saturated heterocycles. The summed E-state index contributed by atoms with van der Waals surface area (Å²) in [5, 5.41) is 22.1. The molecule has 5 rings (SSSR count). The number of benzene rings is 3. The first-order chi connectivity index (χ1) is 17.5. The number of aromatic hydroxyl groups is 1. The minimum atomic E-state index is -0.207. The van der Waals surface area contributed by atoms with E-state index in [-0.39, 0.29) is 23.8 Å². The number of phenolic OH excluding ortho intramolecular Hbond substituents is 1. The van der Waals surface area contributed by atoms with Crippen molar-refractivity contribution >= 4 is 28.4 Å². The van der Waals surface area contributed by atoms with Gasteiger partial charge in [-0.2, -0.15) is 5.10 Å². The molecule has 3 aromatic carbocycles. The molecule has 0 bridgehead atoms. The SMILES string of the molecule is O=C(NCc1n[nH]c2ccc(Cl)cc12)c1cccc(Cc2ccc(Cn3ccccc3=O)c(O)c2)c1. The molecule has 180 valence electrons. The van der Waals surface area contributed by atoms with E-state index in [0.29, 0.717) is 34.8 Å². The summed E-state index contributed by atoms with van der Waals surface area (Å²) in [5.74, 6) is -0.0787. The average Bonchev–Trinajstić information content (AvgIpc) is 3.27. The fourth-order valence-electron chi connectivity index (χ4n) is 4.13. The first-order valence-corrected chi connectivity index (χ1v) is 11.8. The fraction of sp³-hybridized carbons (Fsp3) is 0.107. The van der Waals surface area contributed by atoms with Crippen molar-refractivity contribution in [3.63, 3.8) is 0 Å². The number of fused-ring (bicyclic) bond motifs is 1. The molecule has 0 aliphatic rings. The zero-order valence-electron chi connectivity index (χ0n) is 19.2. The predicted molar refractivity (Wildman–Crippen MR) is 139 cm³/mol. The first kappa shape index (κ1) is 23.4. The van der Waals surface area contributed by atoms with Gasteiger partial charge in [-0.25, -0.2) is 0 Å². The van der Waals surface area contributed by atoms with E-state index < -0.39 is 0 Å². The Balaban J connectivity index is 1.26. The summed E-state index contributed by atoms with van der Waals surface area (Å²) in [5.41, 5.74) is 4.48. The van der Waals surface area contributed by atoms with Crippen LogP contribution in [0, 0.1) is 0 Å². The minimum absolute atomic E-state index is 0.125. The summed E-state index contributed by atoms with van der Waals surface area (Å²) in [6.07, 6.45) is 2.23. The molecule has 2 heterocycles. The zero-order chi connectivity index (χ0) is 25.1. The number of amides is 1. The molecule has 0 aliphatic carbocycles. The van der Waals surface area contributed by atoms with Gasteiger partial charge in [0.25, 0.3) is 11.5 Å². The molecule has 0 spiro atoms. The van der Waals surface area contributed by atoms with Gasteiger partial charge >= 0.3 is 0 Å². The number of pyridine rings is 1. The number of carbonyl (C=O) groups is 1. The van der Waals surface area contributed by atoms with Crippen LogP contribution < -0.4 is 10.9 Å². The Morgan fingerprint density at radius 3 is 2.69 bits per heavy atom. The lowest BCUT2D eigenvalue weighted by Gasteiger charge is -2.10. The third-order valence-corrected chi connectivity index (χ3v) is 6.24. The van der Waals surface area contributed by atoms with Crippen LogP contribution >= 0.6 is 11.6 Å². The van der Waals surface area contributed by atoms with E-state index in [1.807, 2.05) is 42.5 Å². The maximum Gasteiger partial charge on any atom is 0.251 e. The molecule has 8 heteroatoms. The van der Waals surface area contributed by atoms with Gasteiger partial charge < -0.3 is 15.0 Å². The number of rotatable bonds is 7. The molecule has 1 amide bonds. The Bertz CT molecular complexity index is 1620. The van der Waals surface area contributed by atoms with E-state index in [9.17, 15) is 14.7 Å². The molecule has 7 nitrogen and oxygen atoms in total. The first-order valence-electron chi connectivity index (χ1n) is 11.4. The van der Waals surface area contributed by atoms with Gasteiger partial charge in [-0.15, -0.1) is 0 Å². The molecule has 5 aromatic rings. The van der Waals surface area contributed by atoms with E-state index in [2.05, 4.69) is 15.5 Å². The van der Waals surface area contributed by atoms with Gasteiger partial charge in [0.15, 0.2) is 0 Å². The Labute approximate surface area is 212 Å². The maximum absolute atomic E-state index is 12.8. The third-order valence-electron chi connectivity index (χ3n) is 6.01. The Hall–Kier alpha value is -4.36. The van der Waals surface area contributed by atoms with Gasteiger partial charge in [-0.3, -0.25) is 14.7 Å². The molecule has 36 heavy (non-hydrogen) atoms. The van der Waals surface area contributed by atoms with Gasteiger partial charge in [0.05, 0.1) is 24.3 Å². The van der Waals surface area contributed by atoms with E-state index in [1.54, 1.807) is 36.5 Å². The molecule has 2 aromatic heterocycles. The molecule has 0 unspecified atom stereocenters. The highest BCUT2D eigenvalue weighted by molar-refractivity contribution is 6.31. The van der Waals surface area contributed by atoms with Crippen LogP contribution in [0.1, 0.15) is 32.7 Å². The molecular weight excluding hydrogens is 476 g/mol. The summed E-state index contributed by atoms with van der Waals surface area (Å²) in [7, 11) is 0. The molecule has 0 atom stereocenters. The summed E-state index contributed by atoms with van der Waals surface area (Å²) < 4.78 is 1.54. The van der Waals surface area contributed by atoms with E-state index in [0.717, 1.165) is 22.0 Å². The Kier molecular flexibility index (Phi) is 6.56.